The van der Waals surface area contributed by atoms with Crippen LogP contribution in [0, 0.1) is 0 Å². The zero-order valence-corrected chi connectivity index (χ0v) is 8.32. The molecule has 3 heterocycles. The van der Waals surface area contributed by atoms with Crippen molar-refractivity contribution in [3.8, 4) is 0 Å². The summed E-state index contributed by atoms with van der Waals surface area (Å²) in [6.07, 6.45) is 5.14. The van der Waals surface area contributed by atoms with E-state index >= 15 is 0 Å². The summed E-state index contributed by atoms with van der Waals surface area (Å²) in [6, 6.07) is 1.85. The second kappa shape index (κ2) is 3.10. The monoisotopic (exact) mass is 215 g/mol. The Kier molecular flexibility index (Phi) is 1.73. The van der Waals surface area contributed by atoms with Crippen LogP contribution in [0.5, 0.6) is 0 Å². The standard InChI is InChI=1S/C11H9N3O2/c15-11(16)7-3-6-4-14-10-9(6)8(13-5-7)1-2-12-10/h1-4,13H,5H2,(H,12,14)(H,15,16). The molecule has 2 aromatic heterocycles. The minimum Gasteiger partial charge on any atom is -0.478 e. The molecule has 5 nitrogen and oxygen atoms in total. The molecule has 0 unspecified atom stereocenters. The number of H-pyrrole nitrogens is 1. The number of carboxylic acid groups (broad SMARTS) is 1. The van der Waals surface area contributed by atoms with E-state index in [2.05, 4.69) is 15.3 Å². The quantitative estimate of drug-likeness (QED) is 0.672. The first-order chi connectivity index (χ1) is 7.75. The number of nitrogens with zero attached hydrogens (tertiary/aromatic N) is 1. The topological polar surface area (TPSA) is 78.0 Å². The summed E-state index contributed by atoms with van der Waals surface area (Å²) in [5.74, 6) is -0.900. The van der Waals surface area contributed by atoms with Crippen molar-refractivity contribution in [1.82, 2.24) is 9.97 Å². The summed E-state index contributed by atoms with van der Waals surface area (Å²) in [4.78, 5) is 18.2. The third-order valence-corrected chi connectivity index (χ3v) is 2.68. The van der Waals surface area contributed by atoms with Gasteiger partial charge in [-0.15, -0.1) is 0 Å². The van der Waals surface area contributed by atoms with Gasteiger partial charge in [-0.25, -0.2) is 9.78 Å². The Labute approximate surface area is 90.8 Å². The van der Waals surface area contributed by atoms with Gasteiger partial charge in [-0.05, 0) is 12.1 Å². The summed E-state index contributed by atoms with van der Waals surface area (Å²) in [5.41, 5.74) is 2.88. The van der Waals surface area contributed by atoms with Crippen LogP contribution in [0.2, 0.25) is 0 Å². The number of carbonyl (C=O) groups is 1. The van der Waals surface area contributed by atoms with Gasteiger partial charge in [0.15, 0.2) is 0 Å². The maximum Gasteiger partial charge on any atom is 0.333 e. The van der Waals surface area contributed by atoms with Crippen molar-refractivity contribution in [3.05, 3.63) is 29.6 Å². The first-order valence-corrected chi connectivity index (χ1v) is 4.89. The summed E-state index contributed by atoms with van der Waals surface area (Å²) < 4.78 is 0. The third kappa shape index (κ3) is 1.18. The molecule has 1 aliphatic heterocycles. The van der Waals surface area contributed by atoms with E-state index in [1.54, 1.807) is 18.5 Å². The minimum atomic E-state index is -0.900. The predicted octanol–water partition coefficient (Wildman–Crippen LogP) is 1.46. The van der Waals surface area contributed by atoms with Crippen molar-refractivity contribution in [2.75, 3.05) is 11.9 Å². The Balaban J connectivity index is 2.29. The summed E-state index contributed by atoms with van der Waals surface area (Å²) >= 11 is 0. The number of hydrogen-bond donors (Lipinski definition) is 3. The van der Waals surface area contributed by atoms with E-state index < -0.39 is 5.97 Å². The largest absolute Gasteiger partial charge is 0.478 e. The van der Waals surface area contributed by atoms with Crippen LogP contribution < -0.4 is 5.32 Å². The third-order valence-electron chi connectivity index (χ3n) is 2.68. The molecule has 1 aliphatic rings. The first-order valence-electron chi connectivity index (χ1n) is 4.89. The van der Waals surface area contributed by atoms with Crippen molar-refractivity contribution in [2.24, 2.45) is 0 Å². The van der Waals surface area contributed by atoms with Crippen LogP contribution in [0.4, 0.5) is 5.69 Å². The van der Waals surface area contributed by atoms with Gasteiger partial charge in [-0.2, -0.15) is 0 Å². The average Bonchev–Trinajstić information content (AvgIpc) is 2.56. The molecule has 0 saturated heterocycles. The lowest BCUT2D eigenvalue weighted by Gasteiger charge is -2.04. The van der Waals surface area contributed by atoms with Crippen molar-refractivity contribution >= 4 is 28.8 Å². The fraction of sp³-hybridized carbons (Fsp3) is 0.0909. The molecule has 0 aromatic carbocycles. The Hall–Kier alpha value is -2.30. The molecule has 2 aromatic rings. The van der Waals surface area contributed by atoms with E-state index in [0.717, 1.165) is 22.3 Å². The Morgan fingerprint density at radius 1 is 1.50 bits per heavy atom. The molecular weight excluding hydrogens is 206 g/mol. The predicted molar refractivity (Wildman–Crippen MR) is 60.2 cm³/mol. The highest BCUT2D eigenvalue weighted by atomic mass is 16.4. The van der Waals surface area contributed by atoms with Crippen LogP contribution in [0.3, 0.4) is 0 Å². The number of rotatable bonds is 1. The zero-order chi connectivity index (χ0) is 11.1. The van der Waals surface area contributed by atoms with Crippen molar-refractivity contribution in [3.63, 3.8) is 0 Å². The Morgan fingerprint density at radius 2 is 2.38 bits per heavy atom. The highest BCUT2D eigenvalue weighted by Gasteiger charge is 2.16. The molecule has 5 heteroatoms. The lowest BCUT2D eigenvalue weighted by molar-refractivity contribution is -0.132. The number of aliphatic carboxylic acids is 1. The molecule has 0 atom stereocenters. The van der Waals surface area contributed by atoms with Crippen molar-refractivity contribution in [1.29, 1.82) is 0 Å². The summed E-state index contributed by atoms with van der Waals surface area (Å²) in [6.45, 7) is 0.323. The Morgan fingerprint density at radius 3 is 3.19 bits per heavy atom. The normalized spacial score (nSPS) is 14.1. The fourth-order valence-electron chi connectivity index (χ4n) is 1.91. The summed E-state index contributed by atoms with van der Waals surface area (Å²) in [5, 5.41) is 13.0. The van der Waals surface area contributed by atoms with E-state index in [1.165, 1.54) is 0 Å². The molecule has 16 heavy (non-hydrogen) atoms. The van der Waals surface area contributed by atoms with Gasteiger partial charge in [0, 0.05) is 35.6 Å². The molecule has 3 rings (SSSR count). The molecule has 0 radical (unpaired) electrons. The maximum atomic E-state index is 11.0. The second-order valence-electron chi connectivity index (χ2n) is 3.65. The Bertz CT molecular complexity index is 613. The SMILES string of the molecule is O=C(O)C1=Cc2c[nH]c3nccc(c23)NC1. The number of pyridine rings is 1. The minimum absolute atomic E-state index is 0.323. The summed E-state index contributed by atoms with van der Waals surface area (Å²) in [7, 11) is 0. The van der Waals surface area contributed by atoms with Crippen LogP contribution in [-0.4, -0.2) is 27.6 Å². The number of aromatic nitrogens is 2. The van der Waals surface area contributed by atoms with Gasteiger partial charge in [-0.1, -0.05) is 0 Å². The van der Waals surface area contributed by atoms with Gasteiger partial charge in [0.2, 0.25) is 0 Å². The average molecular weight is 215 g/mol. The van der Waals surface area contributed by atoms with E-state index in [1.807, 2.05) is 6.07 Å². The van der Waals surface area contributed by atoms with E-state index in [4.69, 9.17) is 5.11 Å². The van der Waals surface area contributed by atoms with Gasteiger partial charge >= 0.3 is 5.97 Å². The first kappa shape index (κ1) is 8.96. The molecule has 0 bridgehead atoms. The molecule has 0 spiro atoms. The molecule has 80 valence electrons. The molecule has 0 saturated carbocycles. The molecule has 0 amide bonds. The number of hydrogen-bond acceptors (Lipinski definition) is 3. The number of carboxylic acids is 1. The van der Waals surface area contributed by atoms with Gasteiger partial charge in [0.05, 0.1) is 5.57 Å². The smallest absolute Gasteiger partial charge is 0.333 e. The van der Waals surface area contributed by atoms with Crippen molar-refractivity contribution in [2.45, 2.75) is 0 Å². The lowest BCUT2D eigenvalue weighted by Crippen LogP contribution is -2.11. The highest BCUT2D eigenvalue weighted by Crippen LogP contribution is 2.29. The van der Waals surface area contributed by atoms with E-state index in [9.17, 15) is 4.79 Å². The van der Waals surface area contributed by atoms with E-state index in [0.29, 0.717) is 12.1 Å². The molecule has 3 N–H and O–H groups in total. The second-order valence-corrected chi connectivity index (χ2v) is 3.65. The number of anilines is 1. The van der Waals surface area contributed by atoms with Gasteiger partial charge in [-0.3, -0.25) is 0 Å². The van der Waals surface area contributed by atoms with Gasteiger partial charge < -0.3 is 15.4 Å². The van der Waals surface area contributed by atoms with Gasteiger partial charge in [0.25, 0.3) is 0 Å². The lowest BCUT2D eigenvalue weighted by atomic mass is 10.1. The van der Waals surface area contributed by atoms with E-state index in [-0.39, 0.29) is 0 Å². The highest BCUT2D eigenvalue weighted by molar-refractivity contribution is 6.03. The number of nitrogens with one attached hydrogen (secondary N) is 2. The zero-order valence-electron chi connectivity index (χ0n) is 8.32. The van der Waals surface area contributed by atoms with Crippen LogP contribution >= 0.6 is 0 Å². The van der Waals surface area contributed by atoms with Crippen LogP contribution in [-0.2, 0) is 4.79 Å². The van der Waals surface area contributed by atoms with Gasteiger partial charge in [0.1, 0.15) is 5.65 Å². The molecular formula is C11H9N3O2. The maximum absolute atomic E-state index is 11.0. The van der Waals surface area contributed by atoms with Crippen LogP contribution in [0.25, 0.3) is 17.1 Å². The fourth-order valence-corrected chi connectivity index (χ4v) is 1.91. The van der Waals surface area contributed by atoms with Crippen LogP contribution in [0.1, 0.15) is 5.56 Å². The molecule has 0 aliphatic carbocycles. The van der Waals surface area contributed by atoms with Crippen molar-refractivity contribution < 1.29 is 9.90 Å². The number of aromatic amines is 1. The molecule has 0 fully saturated rings. The van der Waals surface area contributed by atoms with Crippen LogP contribution in [0.15, 0.2) is 24.0 Å².